The van der Waals surface area contributed by atoms with Gasteiger partial charge in [0.05, 0.1) is 6.61 Å². The second-order valence-electron chi connectivity index (χ2n) is 11.5. The van der Waals surface area contributed by atoms with Crippen molar-refractivity contribution in [3.05, 3.63) is 107 Å². The summed E-state index contributed by atoms with van der Waals surface area (Å²) >= 11 is 0. The Morgan fingerprint density at radius 2 is 1.61 bits per heavy atom. The van der Waals surface area contributed by atoms with Crippen LogP contribution < -0.4 is 0 Å². The third-order valence-electron chi connectivity index (χ3n) is 7.24. The van der Waals surface area contributed by atoms with Crippen LogP contribution in [0.4, 0.5) is 4.79 Å². The van der Waals surface area contributed by atoms with Gasteiger partial charge in [-0.1, -0.05) is 61.2 Å². The molecule has 44 heavy (non-hydrogen) atoms. The molecule has 1 aromatic heterocycles. The molecule has 0 saturated heterocycles. The van der Waals surface area contributed by atoms with E-state index in [4.69, 9.17) is 18.6 Å². The summed E-state index contributed by atoms with van der Waals surface area (Å²) in [6.45, 7) is 17.3. The smallest absolute Gasteiger partial charge is 0.410 e. The van der Waals surface area contributed by atoms with Crippen LogP contribution in [0.1, 0.15) is 70.4 Å². The van der Waals surface area contributed by atoms with E-state index in [1.165, 1.54) is 4.90 Å². The lowest BCUT2D eigenvalue weighted by Gasteiger charge is -2.27. The lowest BCUT2D eigenvalue weighted by molar-refractivity contribution is -0.163. The van der Waals surface area contributed by atoms with Gasteiger partial charge in [0.25, 0.3) is 0 Å². The number of hydrogen-bond donors (Lipinski definition) is 0. The molecule has 4 rings (SSSR count). The van der Waals surface area contributed by atoms with Gasteiger partial charge >= 0.3 is 12.1 Å². The number of allylic oxidation sites excluding steroid dienone is 2. The van der Waals surface area contributed by atoms with E-state index in [-0.39, 0.29) is 38.1 Å². The number of rotatable bonds is 12. The van der Waals surface area contributed by atoms with E-state index in [1.807, 2.05) is 51.1 Å². The summed E-state index contributed by atoms with van der Waals surface area (Å²) in [5.41, 5.74) is 5.60. The van der Waals surface area contributed by atoms with Gasteiger partial charge in [-0.2, -0.15) is 0 Å². The molecule has 1 amide bonds. The number of esters is 1. The third kappa shape index (κ3) is 7.45. The molecule has 9 nitrogen and oxygen atoms in total. The minimum Gasteiger partial charge on any atom is -0.476 e. The molecular weight excluding hydrogens is 558 g/mol. The van der Waals surface area contributed by atoms with Crippen LogP contribution in [-0.4, -0.2) is 52.5 Å². The van der Waals surface area contributed by atoms with Crippen molar-refractivity contribution in [2.45, 2.75) is 66.5 Å². The molecule has 0 spiro atoms. The van der Waals surface area contributed by atoms with Gasteiger partial charge in [-0.3, -0.25) is 4.90 Å². The molecule has 232 valence electrons. The largest absolute Gasteiger partial charge is 0.476 e. The number of carbonyl (C=O) groups excluding carboxylic acids is 2. The molecular formula is C35H41N3O6. The monoisotopic (exact) mass is 599 g/mol. The summed E-state index contributed by atoms with van der Waals surface area (Å²) in [6.07, 6.45) is 1.30. The van der Waals surface area contributed by atoms with Crippen molar-refractivity contribution in [1.29, 1.82) is 0 Å². The minimum atomic E-state index is -1.19. The maximum Gasteiger partial charge on any atom is 0.410 e. The molecule has 1 heterocycles. The van der Waals surface area contributed by atoms with Crippen LogP contribution in [0.5, 0.6) is 0 Å². The van der Waals surface area contributed by atoms with Gasteiger partial charge in [0.2, 0.25) is 11.8 Å². The summed E-state index contributed by atoms with van der Waals surface area (Å²) < 4.78 is 22.8. The molecule has 9 heteroatoms. The van der Waals surface area contributed by atoms with E-state index in [0.29, 0.717) is 17.2 Å². The van der Waals surface area contributed by atoms with Crippen LogP contribution in [0.3, 0.4) is 0 Å². The van der Waals surface area contributed by atoms with Crippen LogP contribution in [0, 0.1) is 6.92 Å². The van der Waals surface area contributed by atoms with Gasteiger partial charge in [-0.25, -0.2) is 9.59 Å². The zero-order chi connectivity index (χ0) is 32.0. The molecule has 0 atom stereocenters. The van der Waals surface area contributed by atoms with Crippen LogP contribution in [0.15, 0.2) is 88.1 Å². The van der Waals surface area contributed by atoms with Gasteiger partial charge in [0, 0.05) is 19.4 Å². The Kier molecular flexibility index (Phi) is 10.1. The molecule has 1 aliphatic carbocycles. The van der Waals surface area contributed by atoms with Crippen molar-refractivity contribution in [3.8, 4) is 11.1 Å². The highest BCUT2D eigenvalue weighted by atomic mass is 16.6. The van der Waals surface area contributed by atoms with E-state index in [1.54, 1.807) is 27.7 Å². The number of amides is 1. The maximum atomic E-state index is 13.6. The predicted octanol–water partition coefficient (Wildman–Crippen LogP) is 7.28. The predicted molar refractivity (Wildman–Crippen MR) is 168 cm³/mol. The number of aromatic nitrogens is 2. The van der Waals surface area contributed by atoms with Crippen molar-refractivity contribution >= 4 is 12.1 Å². The van der Waals surface area contributed by atoms with Crippen molar-refractivity contribution in [1.82, 2.24) is 15.1 Å². The fourth-order valence-electron chi connectivity index (χ4n) is 5.28. The van der Waals surface area contributed by atoms with Gasteiger partial charge < -0.3 is 18.6 Å². The molecule has 0 bridgehead atoms. The van der Waals surface area contributed by atoms with E-state index in [0.717, 1.165) is 33.4 Å². The van der Waals surface area contributed by atoms with Crippen molar-refractivity contribution in [2.75, 3.05) is 19.8 Å². The van der Waals surface area contributed by atoms with Crippen molar-refractivity contribution in [2.24, 2.45) is 0 Å². The van der Waals surface area contributed by atoms with Crippen LogP contribution in [0.25, 0.3) is 11.1 Å². The third-order valence-corrected chi connectivity index (χ3v) is 7.24. The summed E-state index contributed by atoms with van der Waals surface area (Å²) in [7, 11) is 0. The second-order valence-corrected chi connectivity index (χ2v) is 11.5. The first-order chi connectivity index (χ1) is 20.9. The number of nitrogens with zero attached hydrogens (tertiary/aromatic N) is 3. The first kappa shape index (κ1) is 32.3. The molecule has 2 aromatic carbocycles. The Bertz CT molecular complexity index is 1550. The van der Waals surface area contributed by atoms with Crippen molar-refractivity contribution < 1.29 is 28.2 Å². The Hall–Kier alpha value is -4.66. The molecule has 0 unspecified atom stereocenters. The number of fused-ring (bicyclic) bond motifs is 3. The number of benzene rings is 2. The fraction of sp³-hybridized carbons (Fsp3) is 0.371. The van der Waals surface area contributed by atoms with Crippen LogP contribution in [0.2, 0.25) is 0 Å². The Balaban J connectivity index is 1.52. The number of ether oxygens (including phenoxy) is 3. The van der Waals surface area contributed by atoms with Gasteiger partial charge in [-0.15, -0.1) is 10.2 Å². The highest BCUT2D eigenvalue weighted by Crippen LogP contribution is 2.44. The molecule has 0 fully saturated rings. The average Bonchev–Trinajstić information content (AvgIpc) is 3.54. The summed E-state index contributed by atoms with van der Waals surface area (Å²) in [5.74, 6) is 0.695. The van der Waals surface area contributed by atoms with Crippen LogP contribution >= 0.6 is 0 Å². The summed E-state index contributed by atoms with van der Waals surface area (Å²) in [5, 5.41) is 7.97. The zero-order valence-electron chi connectivity index (χ0n) is 26.6. The van der Waals surface area contributed by atoms with Crippen molar-refractivity contribution in [3.63, 3.8) is 0 Å². The molecule has 3 aromatic rings. The highest BCUT2D eigenvalue weighted by Gasteiger charge is 2.33. The quantitative estimate of drug-likeness (QED) is 0.122. The SMILES string of the molecule is C=C(/C=C(/C)C(OC(C)(C)C(=O)OCC)=C(C)C)CN(Cc1nnc(C)o1)C(=O)OCC1c2ccccc2-c2ccccc21. The molecule has 0 aliphatic heterocycles. The lowest BCUT2D eigenvalue weighted by atomic mass is 9.98. The number of aryl methyl sites for hydroxylation is 1. The summed E-state index contributed by atoms with van der Waals surface area (Å²) in [4.78, 5) is 27.5. The highest BCUT2D eigenvalue weighted by molar-refractivity contribution is 5.79. The fourth-order valence-corrected chi connectivity index (χ4v) is 5.28. The van der Waals surface area contributed by atoms with E-state index in [9.17, 15) is 9.59 Å². The Morgan fingerprint density at radius 3 is 2.16 bits per heavy atom. The normalized spacial score (nSPS) is 12.7. The topological polar surface area (TPSA) is 104 Å². The van der Waals surface area contributed by atoms with E-state index < -0.39 is 17.7 Å². The van der Waals surface area contributed by atoms with Gasteiger partial charge in [0.15, 0.2) is 5.60 Å². The van der Waals surface area contributed by atoms with Crippen LogP contribution in [-0.2, 0) is 25.5 Å². The maximum absolute atomic E-state index is 13.6. The Morgan fingerprint density at radius 1 is 1.00 bits per heavy atom. The second kappa shape index (κ2) is 13.8. The minimum absolute atomic E-state index is 0.0469. The first-order valence-electron chi connectivity index (χ1n) is 14.7. The molecule has 0 N–H and O–H groups in total. The van der Waals surface area contributed by atoms with Gasteiger partial charge in [-0.05, 0) is 80.5 Å². The van der Waals surface area contributed by atoms with E-state index in [2.05, 4.69) is 41.0 Å². The zero-order valence-corrected chi connectivity index (χ0v) is 26.6. The number of carbonyl (C=O) groups is 2. The summed E-state index contributed by atoms with van der Waals surface area (Å²) in [6, 6.07) is 16.4. The number of hydrogen-bond acceptors (Lipinski definition) is 8. The van der Waals surface area contributed by atoms with Gasteiger partial charge in [0.1, 0.15) is 18.9 Å². The standard InChI is InChI=1S/C35H41N3O6/c1-9-41-33(39)35(7,8)44-32(22(2)3)24(5)18-23(4)19-38(20-31-37-36-25(6)43-31)34(40)42-21-30-28-16-12-10-14-26(28)27-15-11-13-17-29(27)30/h10-18,30H,4,9,19-21H2,1-3,5-8H3/b24-18-. The first-order valence-corrected chi connectivity index (χ1v) is 14.7. The van der Waals surface area contributed by atoms with E-state index >= 15 is 0 Å². The Labute approximate surface area is 259 Å². The lowest BCUT2D eigenvalue weighted by Crippen LogP contribution is -2.37. The average molecular weight is 600 g/mol. The molecule has 0 saturated carbocycles. The molecule has 0 radical (unpaired) electrons. The molecule has 1 aliphatic rings.